The van der Waals surface area contributed by atoms with Crippen LogP contribution >= 0.6 is 11.6 Å². The minimum atomic E-state index is -0.344. The number of aromatic nitrogens is 2. The highest BCUT2D eigenvalue weighted by molar-refractivity contribution is 6.30. The smallest absolute Gasteiger partial charge is 0.320 e. The van der Waals surface area contributed by atoms with Crippen molar-refractivity contribution in [2.45, 2.75) is 6.92 Å². The molecule has 0 fully saturated rings. The van der Waals surface area contributed by atoms with E-state index in [9.17, 15) is 9.59 Å². The van der Waals surface area contributed by atoms with Gasteiger partial charge in [0, 0.05) is 34.8 Å². The van der Waals surface area contributed by atoms with Gasteiger partial charge in [-0.2, -0.15) is 0 Å². The van der Waals surface area contributed by atoms with Gasteiger partial charge < -0.3 is 20.1 Å². The number of ether oxygens (including phenoxy) is 2. The summed E-state index contributed by atoms with van der Waals surface area (Å²) in [6, 6.07) is 10.7. The molecule has 0 bridgehead atoms. The number of fused-ring (bicyclic) bond motifs is 1. The quantitative estimate of drug-likeness (QED) is 0.329. The van der Waals surface area contributed by atoms with E-state index in [0.717, 1.165) is 5.69 Å². The number of amides is 1. The lowest BCUT2D eigenvalue weighted by Crippen LogP contribution is -2.27. The van der Waals surface area contributed by atoms with Crippen LogP contribution in [0.1, 0.15) is 6.92 Å². The van der Waals surface area contributed by atoms with Crippen molar-refractivity contribution in [2.24, 2.45) is 0 Å². The summed E-state index contributed by atoms with van der Waals surface area (Å²) in [6.07, 6.45) is 4.51. The predicted molar refractivity (Wildman–Crippen MR) is 133 cm³/mol. The third-order valence-corrected chi connectivity index (χ3v) is 4.93. The molecule has 9 nitrogen and oxygen atoms in total. The monoisotopic (exact) mass is 483 g/mol. The van der Waals surface area contributed by atoms with E-state index in [2.05, 4.69) is 20.6 Å². The first-order valence-electron chi connectivity index (χ1n) is 10.6. The Morgan fingerprint density at radius 3 is 2.76 bits per heavy atom. The van der Waals surface area contributed by atoms with Crippen LogP contribution in [0, 0.1) is 0 Å². The van der Waals surface area contributed by atoms with Crippen LogP contribution in [0.3, 0.4) is 0 Å². The molecule has 0 saturated heterocycles. The van der Waals surface area contributed by atoms with E-state index in [4.69, 9.17) is 21.1 Å². The molecule has 178 valence electrons. The van der Waals surface area contributed by atoms with Gasteiger partial charge in [-0.1, -0.05) is 23.7 Å². The van der Waals surface area contributed by atoms with Crippen molar-refractivity contribution in [3.8, 4) is 5.75 Å². The number of carbonyl (C=O) groups excluding carboxylic acids is 2. The van der Waals surface area contributed by atoms with Crippen LogP contribution < -0.4 is 15.4 Å². The van der Waals surface area contributed by atoms with E-state index in [1.165, 1.54) is 19.5 Å². The molecule has 10 heteroatoms. The van der Waals surface area contributed by atoms with Crippen molar-refractivity contribution in [2.75, 3.05) is 44.5 Å². The van der Waals surface area contributed by atoms with Crippen LogP contribution in [0.25, 0.3) is 10.9 Å². The lowest BCUT2D eigenvalue weighted by Gasteiger charge is -2.14. The lowest BCUT2D eigenvalue weighted by atomic mass is 10.2. The summed E-state index contributed by atoms with van der Waals surface area (Å²) in [5, 5.41) is 7.34. The molecule has 0 saturated carbocycles. The number of methoxy groups -OCH3 is 1. The predicted octanol–water partition coefficient (Wildman–Crippen LogP) is 4.03. The highest BCUT2D eigenvalue weighted by Crippen LogP contribution is 2.33. The number of rotatable bonds is 10. The number of benzene rings is 2. The fourth-order valence-electron chi connectivity index (χ4n) is 3.16. The van der Waals surface area contributed by atoms with Gasteiger partial charge in [0.25, 0.3) is 0 Å². The van der Waals surface area contributed by atoms with E-state index in [1.807, 2.05) is 12.1 Å². The molecule has 2 N–H and O–H groups in total. The standard InChI is InChI=1S/C24H26ClN5O4/c1-4-34-23(32)14-30(2)10-6-9-22(31)29-20-12-18-19(13-21(20)33-3)26-15-27-24(18)28-17-8-5-7-16(25)11-17/h5-9,11-13,15H,4,10,14H2,1-3H3,(H,29,31)(H,26,27,28). The molecule has 34 heavy (non-hydrogen) atoms. The van der Waals surface area contributed by atoms with E-state index >= 15 is 0 Å². The topological polar surface area (TPSA) is 106 Å². The first-order valence-corrected chi connectivity index (χ1v) is 10.9. The molecule has 3 rings (SSSR count). The molecule has 3 aromatic rings. The second-order valence-electron chi connectivity index (χ2n) is 7.32. The summed E-state index contributed by atoms with van der Waals surface area (Å²) in [6.45, 7) is 2.63. The molecule has 1 aromatic heterocycles. The molecule has 1 heterocycles. The Balaban J connectivity index is 1.76. The van der Waals surface area contributed by atoms with Crippen molar-refractivity contribution in [3.05, 3.63) is 59.9 Å². The van der Waals surface area contributed by atoms with Crippen molar-refractivity contribution < 1.29 is 19.1 Å². The first-order chi connectivity index (χ1) is 16.4. The van der Waals surface area contributed by atoms with Crippen LogP contribution in [0.2, 0.25) is 5.02 Å². The number of esters is 1. The van der Waals surface area contributed by atoms with Gasteiger partial charge in [0.1, 0.15) is 17.9 Å². The zero-order chi connectivity index (χ0) is 24.5. The molecule has 0 aliphatic rings. The second-order valence-corrected chi connectivity index (χ2v) is 7.76. The van der Waals surface area contributed by atoms with Crippen LogP contribution in [0.15, 0.2) is 54.9 Å². The number of halogens is 1. The summed E-state index contributed by atoms with van der Waals surface area (Å²) in [7, 11) is 3.28. The molecular weight excluding hydrogens is 458 g/mol. The molecule has 0 aliphatic heterocycles. The van der Waals surface area contributed by atoms with Crippen molar-refractivity contribution in [3.63, 3.8) is 0 Å². The van der Waals surface area contributed by atoms with Crippen LogP contribution in [-0.2, 0) is 14.3 Å². The highest BCUT2D eigenvalue weighted by Gasteiger charge is 2.13. The highest BCUT2D eigenvalue weighted by atomic mass is 35.5. The number of hydrogen-bond donors (Lipinski definition) is 2. The van der Waals surface area contributed by atoms with Gasteiger partial charge in [0.05, 0.1) is 31.5 Å². The van der Waals surface area contributed by atoms with Crippen molar-refractivity contribution in [1.29, 1.82) is 0 Å². The van der Waals surface area contributed by atoms with Crippen molar-refractivity contribution in [1.82, 2.24) is 14.9 Å². The third kappa shape index (κ3) is 6.90. The largest absolute Gasteiger partial charge is 0.494 e. The molecule has 0 radical (unpaired) electrons. The van der Waals surface area contributed by atoms with Crippen molar-refractivity contribution >= 4 is 51.6 Å². The fraction of sp³-hybridized carbons (Fsp3) is 0.250. The molecule has 0 unspecified atom stereocenters. The number of anilines is 3. The molecule has 2 aromatic carbocycles. The van der Waals surface area contributed by atoms with E-state index in [1.54, 1.807) is 49.2 Å². The van der Waals surface area contributed by atoms with Gasteiger partial charge in [0.15, 0.2) is 0 Å². The summed E-state index contributed by atoms with van der Waals surface area (Å²) < 4.78 is 10.4. The maximum atomic E-state index is 12.5. The minimum Gasteiger partial charge on any atom is -0.494 e. The fourth-order valence-corrected chi connectivity index (χ4v) is 3.35. The Kier molecular flexibility index (Phi) is 8.78. The molecule has 0 aliphatic carbocycles. The van der Waals surface area contributed by atoms with Gasteiger partial charge in [-0.05, 0) is 38.2 Å². The summed E-state index contributed by atoms with van der Waals surface area (Å²) >= 11 is 6.08. The van der Waals surface area contributed by atoms with Gasteiger partial charge in [0.2, 0.25) is 5.91 Å². The average molecular weight is 484 g/mol. The number of carbonyl (C=O) groups is 2. The van der Waals surface area contributed by atoms with E-state index in [-0.39, 0.29) is 18.4 Å². The molecular formula is C24H26ClN5O4. The normalized spacial score (nSPS) is 11.1. The minimum absolute atomic E-state index is 0.140. The zero-order valence-corrected chi connectivity index (χ0v) is 19.9. The number of likely N-dealkylation sites (N-methyl/N-ethyl adjacent to an activating group) is 1. The van der Waals surface area contributed by atoms with Gasteiger partial charge in [-0.15, -0.1) is 0 Å². The molecule has 0 spiro atoms. The Morgan fingerprint density at radius 1 is 1.21 bits per heavy atom. The lowest BCUT2D eigenvalue weighted by molar-refractivity contribution is -0.143. The van der Waals surface area contributed by atoms with Crippen LogP contribution in [-0.4, -0.2) is 60.6 Å². The molecule has 0 atom stereocenters. The number of nitrogens with zero attached hydrogens (tertiary/aromatic N) is 3. The second kappa shape index (κ2) is 12.0. The van der Waals surface area contributed by atoms with E-state index in [0.29, 0.717) is 46.3 Å². The summed E-state index contributed by atoms with van der Waals surface area (Å²) in [5.74, 6) is 0.360. The maximum Gasteiger partial charge on any atom is 0.320 e. The maximum absolute atomic E-state index is 12.5. The third-order valence-electron chi connectivity index (χ3n) is 4.69. The van der Waals surface area contributed by atoms with Gasteiger partial charge in [-0.3, -0.25) is 14.5 Å². The van der Waals surface area contributed by atoms with Crippen LogP contribution in [0.5, 0.6) is 5.75 Å². The number of nitrogens with one attached hydrogen (secondary N) is 2. The number of hydrogen-bond acceptors (Lipinski definition) is 8. The van der Waals surface area contributed by atoms with E-state index < -0.39 is 0 Å². The summed E-state index contributed by atoms with van der Waals surface area (Å²) in [5.41, 5.74) is 1.88. The summed E-state index contributed by atoms with van der Waals surface area (Å²) in [4.78, 5) is 34.4. The van der Waals surface area contributed by atoms with Gasteiger partial charge >= 0.3 is 5.97 Å². The Bertz CT molecular complexity index is 1200. The zero-order valence-electron chi connectivity index (χ0n) is 19.2. The van der Waals surface area contributed by atoms with Crippen LogP contribution in [0.4, 0.5) is 17.2 Å². The first kappa shape index (κ1) is 24.9. The Labute approximate surface area is 202 Å². The SMILES string of the molecule is CCOC(=O)CN(C)CC=CC(=O)Nc1cc2c(Nc3cccc(Cl)c3)ncnc2cc1OC. The Morgan fingerprint density at radius 2 is 2.03 bits per heavy atom. The van der Waals surface area contributed by atoms with Gasteiger partial charge in [-0.25, -0.2) is 9.97 Å². The Hall–Kier alpha value is -3.69. The average Bonchev–Trinajstić information content (AvgIpc) is 2.79. The molecule has 1 amide bonds.